The molecule has 14 heteroatoms. The van der Waals surface area contributed by atoms with Crippen LogP contribution in [0.5, 0.6) is 0 Å². The number of nitrogens with one attached hydrogen (secondary N) is 2. The van der Waals surface area contributed by atoms with E-state index >= 15 is 0 Å². The molecule has 0 aliphatic carbocycles. The molecule has 0 aromatic heterocycles. The van der Waals surface area contributed by atoms with Gasteiger partial charge >= 0.3 is 0 Å². The Bertz CT molecular complexity index is 1220. The molecule has 0 bridgehead atoms. The highest BCUT2D eigenvalue weighted by Gasteiger charge is 2.50. The molecule has 0 radical (unpaired) electrons. The van der Waals surface area contributed by atoms with Crippen LogP contribution in [0.15, 0.2) is 42.5 Å². The first-order valence-corrected chi connectivity index (χ1v) is 13.3. The molecule has 230 valence electrons. The van der Waals surface area contributed by atoms with Crippen molar-refractivity contribution in [2.75, 3.05) is 27.3 Å². The molecule has 2 amide bonds. The summed E-state index contributed by atoms with van der Waals surface area (Å²) >= 11 is 0. The largest absolute Gasteiger partial charge is 0.394 e. The van der Waals surface area contributed by atoms with Crippen molar-refractivity contribution in [3.05, 3.63) is 59.2 Å². The number of hydrogen-bond acceptors (Lipinski definition) is 12. The first kappa shape index (κ1) is 31.9. The Kier molecular flexibility index (Phi) is 10.3. The van der Waals surface area contributed by atoms with Gasteiger partial charge in [0.25, 0.3) is 11.8 Å². The predicted octanol–water partition coefficient (Wildman–Crippen LogP) is -2.59. The minimum absolute atomic E-state index is 0.240. The summed E-state index contributed by atoms with van der Waals surface area (Å²) in [6.45, 7) is -1.37. The molecule has 0 saturated carbocycles. The second-order valence-electron chi connectivity index (χ2n) is 10.1. The van der Waals surface area contributed by atoms with Gasteiger partial charge < -0.3 is 60.6 Å². The van der Waals surface area contributed by atoms with E-state index in [1.54, 1.807) is 36.4 Å². The summed E-state index contributed by atoms with van der Waals surface area (Å²) in [5, 5.41) is 77.1. The van der Waals surface area contributed by atoms with Crippen molar-refractivity contribution in [2.45, 2.75) is 61.2 Å². The monoisotopic (exact) mass is 592 g/mol. The zero-order chi connectivity index (χ0) is 30.7. The number of carbonyl (C=O) groups excluding carboxylic acids is 2. The molecule has 2 aliphatic heterocycles. The van der Waals surface area contributed by atoms with Crippen LogP contribution in [0, 0.1) is 0 Å². The highest BCUT2D eigenvalue weighted by Crippen LogP contribution is 2.37. The molecule has 10 atom stereocenters. The van der Waals surface area contributed by atoms with Gasteiger partial charge in [0.1, 0.15) is 54.9 Å². The summed E-state index contributed by atoms with van der Waals surface area (Å²) in [7, 11) is 2.93. The molecule has 0 spiro atoms. The van der Waals surface area contributed by atoms with Gasteiger partial charge in [-0.15, -0.1) is 0 Å². The van der Waals surface area contributed by atoms with E-state index in [-0.39, 0.29) is 11.1 Å². The Morgan fingerprint density at radius 2 is 1.33 bits per heavy atom. The molecule has 2 fully saturated rings. The van der Waals surface area contributed by atoms with Gasteiger partial charge in [0.15, 0.2) is 6.29 Å². The second kappa shape index (κ2) is 13.5. The predicted molar refractivity (Wildman–Crippen MR) is 144 cm³/mol. The van der Waals surface area contributed by atoms with Crippen LogP contribution in [0.25, 0.3) is 11.1 Å². The smallest absolute Gasteiger partial charge is 0.251 e. The lowest BCUT2D eigenvalue weighted by Gasteiger charge is -2.46. The van der Waals surface area contributed by atoms with Crippen LogP contribution in [-0.2, 0) is 14.2 Å². The first-order valence-electron chi connectivity index (χ1n) is 13.3. The van der Waals surface area contributed by atoms with Gasteiger partial charge in [-0.1, -0.05) is 18.2 Å². The van der Waals surface area contributed by atoms with E-state index in [0.717, 1.165) is 0 Å². The molecular weight excluding hydrogens is 556 g/mol. The maximum atomic E-state index is 12.4. The lowest BCUT2D eigenvalue weighted by atomic mass is 9.89. The maximum Gasteiger partial charge on any atom is 0.251 e. The van der Waals surface area contributed by atoms with E-state index in [4.69, 9.17) is 14.2 Å². The van der Waals surface area contributed by atoms with Crippen molar-refractivity contribution >= 4 is 11.8 Å². The third-order valence-electron chi connectivity index (χ3n) is 7.47. The molecule has 42 heavy (non-hydrogen) atoms. The Hall–Kier alpha value is -3.02. The number of aliphatic hydroxyl groups excluding tert-OH is 7. The highest BCUT2D eigenvalue weighted by molar-refractivity contribution is 6.01. The zero-order valence-corrected chi connectivity index (χ0v) is 22.9. The summed E-state index contributed by atoms with van der Waals surface area (Å²) in [4.78, 5) is 24.8. The number of carbonyl (C=O) groups is 2. The fraction of sp³-hybridized carbons (Fsp3) is 0.500. The van der Waals surface area contributed by atoms with Crippen LogP contribution in [0.2, 0.25) is 0 Å². The highest BCUT2D eigenvalue weighted by atomic mass is 16.7. The lowest BCUT2D eigenvalue weighted by Crippen LogP contribution is -2.63. The van der Waals surface area contributed by atoms with Crippen molar-refractivity contribution in [3.63, 3.8) is 0 Å². The van der Waals surface area contributed by atoms with Crippen molar-refractivity contribution < 1.29 is 59.5 Å². The first-order chi connectivity index (χ1) is 20.0. The van der Waals surface area contributed by atoms with Gasteiger partial charge in [-0.3, -0.25) is 9.59 Å². The normalized spacial score (nSPS) is 33.2. The Morgan fingerprint density at radius 1 is 0.738 bits per heavy atom. The molecule has 9 N–H and O–H groups in total. The van der Waals surface area contributed by atoms with Gasteiger partial charge in [0.05, 0.1) is 13.2 Å². The van der Waals surface area contributed by atoms with Crippen molar-refractivity contribution in [1.82, 2.24) is 10.6 Å². The molecule has 2 heterocycles. The Morgan fingerprint density at radius 3 is 1.90 bits per heavy atom. The van der Waals surface area contributed by atoms with E-state index in [1.807, 2.05) is 0 Å². The van der Waals surface area contributed by atoms with Gasteiger partial charge in [-0.2, -0.15) is 0 Å². The molecule has 2 saturated heterocycles. The standard InChI is InChI=1S/C28H36N2O12/c1-29-26(38)15-7-14(8-16(9-15)27(39)30-2)12-4-3-5-13(6-12)24-23(37)25(20(34)18(11-32)40-24)42-28-22(36)21(35)19(33)17(10-31)41-28/h3-9,17-25,28,31-37H,10-11H2,1-2H3,(H,29,38)(H,30,39)/t17-,18-,19-,20-,21+,22+,23-,24-,25+,28-/m1/s1. The molecule has 0 unspecified atom stereocenters. The molecular formula is C28H36N2O12. The molecule has 2 aromatic rings. The quantitative estimate of drug-likeness (QED) is 0.154. The summed E-state index contributed by atoms with van der Waals surface area (Å²) in [5.41, 5.74) is 1.93. The van der Waals surface area contributed by atoms with Gasteiger partial charge in [-0.25, -0.2) is 0 Å². The fourth-order valence-corrected chi connectivity index (χ4v) is 5.10. The van der Waals surface area contributed by atoms with Crippen molar-refractivity contribution in [2.24, 2.45) is 0 Å². The van der Waals surface area contributed by atoms with Crippen LogP contribution in [0.3, 0.4) is 0 Å². The molecule has 2 aromatic carbocycles. The van der Waals surface area contributed by atoms with E-state index in [0.29, 0.717) is 16.7 Å². The molecule has 2 aliphatic rings. The van der Waals surface area contributed by atoms with E-state index in [1.165, 1.54) is 20.2 Å². The van der Waals surface area contributed by atoms with Crippen LogP contribution < -0.4 is 10.6 Å². The number of hydrogen-bond donors (Lipinski definition) is 9. The van der Waals surface area contributed by atoms with Crippen molar-refractivity contribution in [1.29, 1.82) is 0 Å². The minimum Gasteiger partial charge on any atom is -0.394 e. The van der Waals surface area contributed by atoms with Gasteiger partial charge in [-0.05, 0) is 41.0 Å². The van der Waals surface area contributed by atoms with Gasteiger partial charge in [0, 0.05) is 25.2 Å². The fourth-order valence-electron chi connectivity index (χ4n) is 5.10. The topological polar surface area (TPSA) is 227 Å². The van der Waals surface area contributed by atoms with Crippen LogP contribution in [0.4, 0.5) is 0 Å². The zero-order valence-electron chi connectivity index (χ0n) is 22.9. The third-order valence-corrected chi connectivity index (χ3v) is 7.47. The summed E-state index contributed by atoms with van der Waals surface area (Å²) in [5.74, 6) is -0.811. The SMILES string of the molecule is CNC(=O)c1cc(C(=O)NC)cc(-c2cccc([C@H]3O[C@H](CO)[C@@H](O)[C@H](O[C@H]4O[C@H](CO)[C@@H](O)[C@H](O)[C@@H]4O)[C@@H]3O)c2)c1. The third kappa shape index (κ3) is 6.33. The Balaban J connectivity index is 1.67. The summed E-state index contributed by atoms with van der Waals surface area (Å²) in [6, 6.07) is 11.3. The average molecular weight is 593 g/mol. The number of benzene rings is 2. The lowest BCUT2D eigenvalue weighted by molar-refractivity contribution is -0.342. The number of aliphatic hydroxyl groups is 7. The van der Waals surface area contributed by atoms with Crippen molar-refractivity contribution in [3.8, 4) is 11.1 Å². The van der Waals surface area contributed by atoms with Crippen LogP contribution >= 0.6 is 0 Å². The molecule has 4 rings (SSSR count). The second-order valence-corrected chi connectivity index (χ2v) is 10.1. The van der Waals surface area contributed by atoms with Crippen LogP contribution in [0.1, 0.15) is 32.4 Å². The average Bonchev–Trinajstić information content (AvgIpc) is 3.02. The van der Waals surface area contributed by atoms with E-state index in [9.17, 15) is 45.3 Å². The van der Waals surface area contributed by atoms with E-state index < -0.39 is 86.3 Å². The van der Waals surface area contributed by atoms with Crippen LogP contribution in [-0.4, -0.2) is 130 Å². The van der Waals surface area contributed by atoms with E-state index in [2.05, 4.69) is 10.6 Å². The summed E-state index contributed by atoms with van der Waals surface area (Å²) in [6.07, 6.45) is -15.2. The minimum atomic E-state index is -1.79. The number of amides is 2. The van der Waals surface area contributed by atoms with Gasteiger partial charge in [0.2, 0.25) is 0 Å². The molecule has 14 nitrogen and oxygen atoms in total. The maximum absolute atomic E-state index is 12.4. The number of ether oxygens (including phenoxy) is 3. The number of rotatable bonds is 8. The Labute approximate surface area is 241 Å². The summed E-state index contributed by atoms with van der Waals surface area (Å²) < 4.78 is 16.9.